The van der Waals surface area contributed by atoms with E-state index in [9.17, 15) is 27.6 Å². The lowest BCUT2D eigenvalue weighted by molar-refractivity contribution is -0.137. The second kappa shape index (κ2) is 9.00. The van der Waals surface area contributed by atoms with Crippen LogP contribution in [-0.2, 0) is 17.5 Å². The van der Waals surface area contributed by atoms with Crippen molar-refractivity contribution in [2.24, 2.45) is 0 Å². The molecule has 2 heterocycles. The van der Waals surface area contributed by atoms with E-state index in [2.05, 4.69) is 10.3 Å². The molecule has 172 valence electrons. The highest BCUT2D eigenvalue weighted by Gasteiger charge is 2.31. The molecule has 2 aromatic carbocycles. The summed E-state index contributed by atoms with van der Waals surface area (Å²) >= 11 is 0. The minimum Gasteiger partial charge on any atom is -0.339 e. The first kappa shape index (κ1) is 22.4. The third kappa shape index (κ3) is 4.86. The maximum atomic E-state index is 12.7. The molecule has 4 rings (SSSR count). The first-order valence-corrected chi connectivity index (χ1v) is 10.3. The van der Waals surface area contributed by atoms with Crippen LogP contribution < -0.4 is 5.56 Å². The van der Waals surface area contributed by atoms with Crippen molar-refractivity contribution in [3.8, 4) is 0 Å². The lowest BCUT2D eigenvalue weighted by atomic mass is 10.1. The van der Waals surface area contributed by atoms with E-state index < -0.39 is 11.7 Å². The van der Waals surface area contributed by atoms with Crippen LogP contribution in [0.3, 0.4) is 0 Å². The number of halogens is 3. The highest BCUT2D eigenvalue weighted by atomic mass is 19.4. The number of benzene rings is 2. The summed E-state index contributed by atoms with van der Waals surface area (Å²) in [6, 6.07) is 10.9. The molecule has 0 atom stereocenters. The van der Waals surface area contributed by atoms with Crippen molar-refractivity contribution in [1.29, 1.82) is 0 Å². The van der Waals surface area contributed by atoms with Gasteiger partial charge in [-0.15, -0.1) is 5.10 Å². The average Bonchev–Trinajstić information content (AvgIpc) is 2.83. The number of alkyl halides is 3. The standard InChI is InChI=1S/C22H20F3N5O3/c23-22(24,25)16-7-5-15(6-8-16)20(32)29-13-11-28(12-14-29)19(31)9-10-30-21(33)17-3-1-2-4-18(17)26-27-30/h1-8H,9-14H2. The summed E-state index contributed by atoms with van der Waals surface area (Å²) in [4.78, 5) is 40.7. The molecule has 1 aromatic heterocycles. The first-order valence-electron chi connectivity index (χ1n) is 10.3. The van der Waals surface area contributed by atoms with E-state index in [1.807, 2.05) is 0 Å². The fourth-order valence-corrected chi connectivity index (χ4v) is 3.67. The van der Waals surface area contributed by atoms with Crippen molar-refractivity contribution in [3.05, 3.63) is 70.0 Å². The molecule has 1 fully saturated rings. The Kier molecular flexibility index (Phi) is 6.12. The predicted octanol–water partition coefficient (Wildman–Crippen LogP) is 2.19. The van der Waals surface area contributed by atoms with E-state index in [1.54, 1.807) is 29.2 Å². The molecule has 0 saturated carbocycles. The van der Waals surface area contributed by atoms with Crippen molar-refractivity contribution < 1.29 is 22.8 Å². The molecule has 2 amide bonds. The molecule has 0 unspecified atom stereocenters. The fourth-order valence-electron chi connectivity index (χ4n) is 3.67. The van der Waals surface area contributed by atoms with Gasteiger partial charge in [-0.1, -0.05) is 17.3 Å². The SMILES string of the molecule is O=C(CCn1nnc2ccccc2c1=O)N1CCN(C(=O)c2ccc(C(F)(F)F)cc2)CC1. The molecule has 0 spiro atoms. The number of hydrogen-bond acceptors (Lipinski definition) is 5. The van der Waals surface area contributed by atoms with Gasteiger partial charge in [-0.3, -0.25) is 14.4 Å². The van der Waals surface area contributed by atoms with E-state index in [1.165, 1.54) is 4.90 Å². The van der Waals surface area contributed by atoms with Crippen LogP contribution in [-0.4, -0.2) is 62.8 Å². The summed E-state index contributed by atoms with van der Waals surface area (Å²) in [6.07, 6.45) is -4.41. The minimum atomic E-state index is -4.46. The molecule has 1 saturated heterocycles. The van der Waals surface area contributed by atoms with Gasteiger partial charge in [0.25, 0.3) is 11.5 Å². The second-order valence-corrected chi connectivity index (χ2v) is 7.63. The second-order valence-electron chi connectivity index (χ2n) is 7.63. The lowest BCUT2D eigenvalue weighted by Gasteiger charge is -2.35. The molecule has 1 aliphatic rings. The zero-order valence-corrected chi connectivity index (χ0v) is 17.5. The maximum absolute atomic E-state index is 12.7. The molecule has 33 heavy (non-hydrogen) atoms. The fraction of sp³-hybridized carbons (Fsp3) is 0.318. The molecule has 0 N–H and O–H groups in total. The molecule has 8 nitrogen and oxygen atoms in total. The van der Waals surface area contributed by atoms with Crippen LogP contribution in [0, 0.1) is 0 Å². The van der Waals surface area contributed by atoms with Gasteiger partial charge < -0.3 is 9.80 Å². The topological polar surface area (TPSA) is 88.4 Å². The Labute approximate surface area is 186 Å². The van der Waals surface area contributed by atoms with Gasteiger partial charge in [-0.25, -0.2) is 4.68 Å². The number of rotatable bonds is 4. The van der Waals surface area contributed by atoms with E-state index in [0.29, 0.717) is 24.0 Å². The number of amides is 2. The Morgan fingerprint density at radius 3 is 2.21 bits per heavy atom. The van der Waals surface area contributed by atoms with Crippen molar-refractivity contribution in [2.45, 2.75) is 19.1 Å². The molecule has 0 aliphatic carbocycles. The van der Waals surface area contributed by atoms with E-state index in [4.69, 9.17) is 0 Å². The van der Waals surface area contributed by atoms with Crippen LogP contribution in [0.1, 0.15) is 22.3 Å². The van der Waals surface area contributed by atoms with E-state index in [0.717, 1.165) is 28.9 Å². The monoisotopic (exact) mass is 459 g/mol. The van der Waals surface area contributed by atoms with E-state index in [-0.39, 0.29) is 49.0 Å². The molecule has 1 aliphatic heterocycles. The third-order valence-corrected chi connectivity index (χ3v) is 5.55. The van der Waals surface area contributed by atoms with Gasteiger partial charge in [-0.05, 0) is 36.4 Å². The number of hydrogen-bond donors (Lipinski definition) is 0. The van der Waals surface area contributed by atoms with Gasteiger partial charge in [0.05, 0.1) is 17.5 Å². The maximum Gasteiger partial charge on any atom is 0.416 e. The molecule has 0 bridgehead atoms. The summed E-state index contributed by atoms with van der Waals surface area (Å²) < 4.78 is 39.2. The van der Waals surface area contributed by atoms with Crippen molar-refractivity contribution in [2.75, 3.05) is 26.2 Å². The predicted molar refractivity (Wildman–Crippen MR) is 112 cm³/mol. The number of fused-ring (bicyclic) bond motifs is 1. The van der Waals surface area contributed by atoms with Gasteiger partial charge in [0.15, 0.2) is 0 Å². The van der Waals surface area contributed by atoms with Gasteiger partial charge in [0.2, 0.25) is 5.91 Å². The summed E-state index contributed by atoms with van der Waals surface area (Å²) in [6.45, 7) is 1.20. The van der Waals surface area contributed by atoms with Crippen LogP contribution >= 0.6 is 0 Å². The molecule has 11 heteroatoms. The summed E-state index contributed by atoms with van der Waals surface area (Å²) in [5.74, 6) is -0.563. The number of carbonyl (C=O) groups excluding carboxylic acids is 2. The largest absolute Gasteiger partial charge is 0.416 e. The molecular formula is C22H20F3N5O3. The quantitative estimate of drug-likeness (QED) is 0.597. The average molecular weight is 459 g/mol. The van der Waals surface area contributed by atoms with Crippen LogP contribution in [0.2, 0.25) is 0 Å². The van der Waals surface area contributed by atoms with Crippen LogP contribution in [0.15, 0.2) is 53.3 Å². The van der Waals surface area contributed by atoms with Crippen molar-refractivity contribution in [3.63, 3.8) is 0 Å². The summed E-state index contributed by atoms with van der Waals surface area (Å²) in [5, 5.41) is 8.29. The van der Waals surface area contributed by atoms with Gasteiger partial charge in [0, 0.05) is 38.2 Å². The lowest BCUT2D eigenvalue weighted by Crippen LogP contribution is -2.50. The smallest absolute Gasteiger partial charge is 0.339 e. The van der Waals surface area contributed by atoms with Crippen LogP contribution in [0.25, 0.3) is 10.9 Å². The Balaban J connectivity index is 1.31. The number of aryl methyl sites for hydroxylation is 1. The Morgan fingerprint density at radius 1 is 0.909 bits per heavy atom. The van der Waals surface area contributed by atoms with Gasteiger partial charge in [-0.2, -0.15) is 13.2 Å². The Hall–Kier alpha value is -3.76. The zero-order valence-electron chi connectivity index (χ0n) is 17.5. The van der Waals surface area contributed by atoms with Crippen LogP contribution in [0.5, 0.6) is 0 Å². The van der Waals surface area contributed by atoms with Gasteiger partial charge in [0.1, 0.15) is 5.52 Å². The number of nitrogens with zero attached hydrogens (tertiary/aromatic N) is 5. The number of carbonyl (C=O) groups is 2. The highest BCUT2D eigenvalue weighted by molar-refractivity contribution is 5.94. The Morgan fingerprint density at radius 2 is 1.55 bits per heavy atom. The minimum absolute atomic E-state index is 0.0553. The molecular weight excluding hydrogens is 439 g/mol. The van der Waals surface area contributed by atoms with E-state index >= 15 is 0 Å². The third-order valence-electron chi connectivity index (χ3n) is 5.55. The summed E-state index contributed by atoms with van der Waals surface area (Å²) in [7, 11) is 0. The molecule has 0 radical (unpaired) electrons. The van der Waals surface area contributed by atoms with Crippen molar-refractivity contribution >= 4 is 22.7 Å². The number of piperazine rings is 1. The number of aromatic nitrogens is 3. The first-order chi connectivity index (χ1) is 15.7. The van der Waals surface area contributed by atoms with Gasteiger partial charge >= 0.3 is 6.18 Å². The summed E-state index contributed by atoms with van der Waals surface area (Å²) in [5.41, 5.74) is -0.485. The van der Waals surface area contributed by atoms with Crippen molar-refractivity contribution in [1.82, 2.24) is 24.8 Å². The van der Waals surface area contributed by atoms with Crippen LogP contribution in [0.4, 0.5) is 13.2 Å². The normalized spacial score (nSPS) is 14.5. The Bertz CT molecular complexity index is 1230. The highest BCUT2D eigenvalue weighted by Crippen LogP contribution is 2.29. The zero-order chi connectivity index (χ0) is 23.6. The molecule has 3 aromatic rings.